The number of ether oxygens (including phenoxy) is 2. The summed E-state index contributed by atoms with van der Waals surface area (Å²) in [6.45, 7) is 3.75. The maximum absolute atomic E-state index is 13.9. The monoisotopic (exact) mass is 376 g/mol. The number of rotatable bonds is 5. The van der Waals surface area contributed by atoms with Gasteiger partial charge in [-0.1, -0.05) is 18.2 Å². The molecular formula is C21H29FN2O3. The smallest absolute Gasteiger partial charge is 0.249 e. The lowest BCUT2D eigenvalue weighted by Gasteiger charge is -2.39. The Kier molecular flexibility index (Phi) is 5.76. The number of piperidine rings is 1. The second-order valence-corrected chi connectivity index (χ2v) is 8.08. The maximum atomic E-state index is 13.9. The van der Waals surface area contributed by atoms with Crippen LogP contribution in [0.4, 0.5) is 4.39 Å². The Bertz CT molecular complexity index is 655. The van der Waals surface area contributed by atoms with Crippen LogP contribution in [0.25, 0.3) is 0 Å². The van der Waals surface area contributed by atoms with Crippen LogP contribution in [0.3, 0.4) is 0 Å². The molecule has 0 aromatic heterocycles. The van der Waals surface area contributed by atoms with Crippen LogP contribution in [0.15, 0.2) is 24.3 Å². The Labute approximate surface area is 160 Å². The zero-order valence-electron chi connectivity index (χ0n) is 15.8. The quantitative estimate of drug-likeness (QED) is 0.858. The average molecular weight is 376 g/mol. The third-order valence-corrected chi connectivity index (χ3v) is 6.18. The highest BCUT2D eigenvalue weighted by atomic mass is 19.1. The number of benzene rings is 1. The zero-order chi connectivity index (χ0) is 18.7. The first-order valence-corrected chi connectivity index (χ1v) is 10.2. The van der Waals surface area contributed by atoms with Crippen molar-refractivity contribution in [1.82, 2.24) is 10.2 Å². The molecule has 0 bridgehead atoms. The number of hydrogen-bond acceptors (Lipinski definition) is 4. The fraction of sp³-hybridized carbons (Fsp3) is 0.667. The summed E-state index contributed by atoms with van der Waals surface area (Å²) in [7, 11) is 0. The number of halogens is 1. The van der Waals surface area contributed by atoms with Crippen LogP contribution in [0.1, 0.15) is 44.1 Å². The van der Waals surface area contributed by atoms with Gasteiger partial charge < -0.3 is 14.8 Å². The number of carbonyl (C=O) groups excluding carboxylic acids is 1. The van der Waals surface area contributed by atoms with Crippen molar-refractivity contribution in [1.29, 1.82) is 0 Å². The van der Waals surface area contributed by atoms with Gasteiger partial charge in [-0.2, -0.15) is 0 Å². The lowest BCUT2D eigenvalue weighted by Crippen LogP contribution is -2.45. The molecule has 1 spiro atoms. The van der Waals surface area contributed by atoms with Crippen LogP contribution < -0.4 is 5.32 Å². The number of hydrogen-bond donors (Lipinski definition) is 1. The van der Waals surface area contributed by atoms with Crippen molar-refractivity contribution >= 4 is 5.91 Å². The molecule has 1 aromatic rings. The number of nitrogens with one attached hydrogen (secondary N) is 1. The van der Waals surface area contributed by atoms with Gasteiger partial charge in [0.05, 0.1) is 11.7 Å². The third-order valence-electron chi connectivity index (χ3n) is 6.18. The first-order valence-electron chi connectivity index (χ1n) is 10.2. The Balaban J connectivity index is 1.22. The summed E-state index contributed by atoms with van der Waals surface area (Å²) < 4.78 is 25.7. The van der Waals surface area contributed by atoms with Crippen molar-refractivity contribution in [2.45, 2.75) is 62.9 Å². The van der Waals surface area contributed by atoms with Crippen molar-refractivity contribution < 1.29 is 18.7 Å². The topological polar surface area (TPSA) is 50.8 Å². The number of carbonyl (C=O) groups is 1. The molecule has 27 heavy (non-hydrogen) atoms. The fourth-order valence-corrected chi connectivity index (χ4v) is 4.51. The van der Waals surface area contributed by atoms with E-state index in [0.717, 1.165) is 57.2 Å². The van der Waals surface area contributed by atoms with E-state index >= 15 is 0 Å². The Morgan fingerprint density at radius 3 is 2.78 bits per heavy atom. The van der Waals surface area contributed by atoms with Gasteiger partial charge in [0.15, 0.2) is 0 Å². The standard InChI is InChI=1S/C21H29FN2O3/c22-18-5-2-1-4-16(18)15-24-11-9-21(10-12-24)8-7-17(27-21)14-23-20(25)19-6-3-13-26-19/h1-2,4-5,17,19H,3,6-15H2,(H,23,25)/t17-,19+/m1/s1. The van der Waals surface area contributed by atoms with E-state index in [1.54, 1.807) is 6.07 Å². The molecule has 148 valence electrons. The van der Waals surface area contributed by atoms with Gasteiger partial charge in [0.1, 0.15) is 11.9 Å². The zero-order valence-corrected chi connectivity index (χ0v) is 15.8. The summed E-state index contributed by atoms with van der Waals surface area (Å²) in [5.41, 5.74) is 0.695. The van der Waals surface area contributed by atoms with E-state index in [4.69, 9.17) is 9.47 Å². The first kappa shape index (κ1) is 18.8. The van der Waals surface area contributed by atoms with Crippen molar-refractivity contribution in [3.05, 3.63) is 35.6 Å². The van der Waals surface area contributed by atoms with Gasteiger partial charge in [0, 0.05) is 38.3 Å². The van der Waals surface area contributed by atoms with Crippen LogP contribution >= 0.6 is 0 Å². The normalized spacial score (nSPS) is 27.9. The van der Waals surface area contributed by atoms with Crippen LogP contribution in [0, 0.1) is 5.82 Å². The molecule has 3 saturated heterocycles. The van der Waals surface area contributed by atoms with Crippen LogP contribution in [0.2, 0.25) is 0 Å². The van der Waals surface area contributed by atoms with E-state index in [0.29, 0.717) is 19.7 Å². The van der Waals surface area contributed by atoms with E-state index in [9.17, 15) is 9.18 Å². The Hall–Kier alpha value is -1.50. The van der Waals surface area contributed by atoms with E-state index < -0.39 is 0 Å². The molecule has 3 fully saturated rings. The lowest BCUT2D eigenvalue weighted by molar-refractivity contribution is -0.131. The number of amides is 1. The van der Waals surface area contributed by atoms with Gasteiger partial charge in [-0.05, 0) is 44.6 Å². The van der Waals surface area contributed by atoms with E-state index in [1.165, 1.54) is 6.07 Å². The summed E-state index contributed by atoms with van der Waals surface area (Å²) >= 11 is 0. The molecule has 4 rings (SSSR count). The summed E-state index contributed by atoms with van der Waals surface area (Å²) in [6.07, 6.45) is 5.56. The van der Waals surface area contributed by atoms with E-state index in [-0.39, 0.29) is 29.5 Å². The molecule has 0 aliphatic carbocycles. The van der Waals surface area contributed by atoms with Crippen LogP contribution in [-0.2, 0) is 20.8 Å². The molecule has 2 atom stereocenters. The second kappa shape index (κ2) is 8.25. The molecular weight excluding hydrogens is 347 g/mol. The summed E-state index contributed by atoms with van der Waals surface area (Å²) in [5, 5.41) is 3.00. The van der Waals surface area contributed by atoms with Gasteiger partial charge in [-0.3, -0.25) is 9.69 Å². The van der Waals surface area contributed by atoms with Crippen LogP contribution in [0.5, 0.6) is 0 Å². The number of nitrogens with zero attached hydrogens (tertiary/aromatic N) is 1. The molecule has 1 aromatic carbocycles. The molecule has 1 N–H and O–H groups in total. The molecule has 3 aliphatic rings. The molecule has 3 heterocycles. The molecule has 0 unspecified atom stereocenters. The molecule has 0 saturated carbocycles. The minimum Gasteiger partial charge on any atom is -0.370 e. The molecule has 3 aliphatic heterocycles. The predicted octanol–water partition coefficient (Wildman–Crippen LogP) is 2.63. The third kappa shape index (κ3) is 4.50. The van der Waals surface area contributed by atoms with E-state index in [2.05, 4.69) is 10.2 Å². The van der Waals surface area contributed by atoms with Gasteiger partial charge in [0.25, 0.3) is 0 Å². The van der Waals surface area contributed by atoms with Crippen molar-refractivity contribution in [3.8, 4) is 0 Å². The minimum atomic E-state index is -0.276. The largest absolute Gasteiger partial charge is 0.370 e. The average Bonchev–Trinajstić information content (AvgIpc) is 3.35. The SMILES string of the molecule is O=C(NC[C@H]1CCC2(CCN(Cc3ccccc3F)CC2)O1)[C@@H]1CCCO1. The van der Waals surface area contributed by atoms with Crippen molar-refractivity contribution in [3.63, 3.8) is 0 Å². The highest BCUT2D eigenvalue weighted by molar-refractivity contribution is 5.80. The van der Waals surface area contributed by atoms with Crippen molar-refractivity contribution in [2.75, 3.05) is 26.2 Å². The van der Waals surface area contributed by atoms with Gasteiger partial charge in [0.2, 0.25) is 5.91 Å². The molecule has 0 radical (unpaired) electrons. The molecule has 6 heteroatoms. The van der Waals surface area contributed by atoms with Gasteiger partial charge >= 0.3 is 0 Å². The highest BCUT2D eigenvalue weighted by Crippen LogP contribution is 2.39. The predicted molar refractivity (Wildman–Crippen MR) is 99.7 cm³/mol. The van der Waals surface area contributed by atoms with Gasteiger partial charge in [-0.15, -0.1) is 0 Å². The first-order chi connectivity index (χ1) is 13.1. The summed E-state index contributed by atoms with van der Waals surface area (Å²) in [4.78, 5) is 14.4. The Morgan fingerprint density at radius 2 is 2.04 bits per heavy atom. The maximum Gasteiger partial charge on any atom is 0.249 e. The summed E-state index contributed by atoms with van der Waals surface area (Å²) in [5.74, 6) is -0.131. The second-order valence-electron chi connectivity index (χ2n) is 8.08. The Morgan fingerprint density at radius 1 is 1.22 bits per heavy atom. The fourth-order valence-electron chi connectivity index (χ4n) is 4.51. The van der Waals surface area contributed by atoms with Gasteiger partial charge in [-0.25, -0.2) is 4.39 Å². The molecule has 5 nitrogen and oxygen atoms in total. The molecule has 1 amide bonds. The lowest BCUT2D eigenvalue weighted by atomic mass is 9.88. The van der Waals surface area contributed by atoms with Crippen LogP contribution in [-0.4, -0.2) is 54.9 Å². The van der Waals surface area contributed by atoms with E-state index in [1.807, 2.05) is 12.1 Å². The number of likely N-dealkylation sites (tertiary alicyclic amines) is 1. The van der Waals surface area contributed by atoms with Crippen molar-refractivity contribution in [2.24, 2.45) is 0 Å². The highest BCUT2D eigenvalue weighted by Gasteiger charge is 2.42. The minimum absolute atomic E-state index is 0.00300. The summed E-state index contributed by atoms with van der Waals surface area (Å²) in [6, 6.07) is 7.00.